The van der Waals surface area contributed by atoms with Crippen molar-refractivity contribution >= 4 is 5.97 Å². The van der Waals surface area contributed by atoms with Crippen LogP contribution in [0.1, 0.15) is 47.0 Å². The quantitative estimate of drug-likeness (QED) is 0.678. The number of nitrogens with one attached hydrogen (secondary N) is 1. The normalized spacial score (nSPS) is 23.9. The number of hydrogen-bond acceptors (Lipinski definition) is 3. The highest BCUT2D eigenvalue weighted by Gasteiger charge is 2.45. The zero-order valence-electron chi connectivity index (χ0n) is 11.0. The maximum Gasteiger partial charge on any atom is 0.323 e. The highest BCUT2D eigenvalue weighted by Crippen LogP contribution is 2.51. The molecule has 0 aromatic heterocycles. The van der Waals surface area contributed by atoms with E-state index in [1.165, 1.54) is 6.42 Å². The molecule has 1 rings (SSSR count). The topological polar surface area (TPSA) is 38.3 Å². The Bertz CT molecular complexity index is 238. The number of esters is 1. The van der Waals surface area contributed by atoms with Crippen LogP contribution in [0.3, 0.4) is 0 Å². The van der Waals surface area contributed by atoms with Crippen molar-refractivity contribution in [2.24, 2.45) is 11.3 Å². The second-order valence-corrected chi connectivity index (χ2v) is 5.39. The lowest BCUT2D eigenvalue weighted by Gasteiger charge is -2.16. The molecule has 1 N–H and O–H groups in total. The molecule has 0 spiro atoms. The third kappa shape index (κ3) is 3.78. The molecule has 3 heteroatoms. The van der Waals surface area contributed by atoms with Crippen molar-refractivity contribution in [3.63, 3.8) is 0 Å². The van der Waals surface area contributed by atoms with Crippen LogP contribution in [0, 0.1) is 11.3 Å². The maximum absolute atomic E-state index is 11.6. The van der Waals surface area contributed by atoms with E-state index in [-0.39, 0.29) is 12.0 Å². The Morgan fingerprint density at radius 3 is 2.56 bits per heavy atom. The van der Waals surface area contributed by atoms with Crippen molar-refractivity contribution in [3.8, 4) is 0 Å². The first-order chi connectivity index (χ1) is 7.51. The molecule has 16 heavy (non-hydrogen) atoms. The van der Waals surface area contributed by atoms with Crippen LogP contribution in [0.2, 0.25) is 0 Å². The van der Waals surface area contributed by atoms with Crippen molar-refractivity contribution < 1.29 is 9.53 Å². The molecule has 0 bridgehead atoms. The molecule has 3 nitrogen and oxygen atoms in total. The van der Waals surface area contributed by atoms with Crippen LogP contribution in [0.5, 0.6) is 0 Å². The molecule has 1 aliphatic carbocycles. The van der Waals surface area contributed by atoms with E-state index >= 15 is 0 Å². The number of rotatable bonds is 7. The standard InChI is InChI=1S/C13H25NO2/c1-5-7-11(12(15)16-6-2)14-9-10-8-13(10,3)4/h10-11,14H,5-9H2,1-4H3. The highest BCUT2D eigenvalue weighted by molar-refractivity contribution is 5.75. The van der Waals surface area contributed by atoms with E-state index in [1.54, 1.807) is 0 Å². The van der Waals surface area contributed by atoms with Gasteiger partial charge in [0.15, 0.2) is 0 Å². The summed E-state index contributed by atoms with van der Waals surface area (Å²) in [5, 5.41) is 3.35. The Balaban J connectivity index is 2.30. The molecule has 0 aromatic carbocycles. The molecule has 0 aromatic rings. The Labute approximate surface area is 98.9 Å². The summed E-state index contributed by atoms with van der Waals surface area (Å²) >= 11 is 0. The molecule has 0 saturated heterocycles. The van der Waals surface area contributed by atoms with Crippen LogP contribution in [0.25, 0.3) is 0 Å². The second-order valence-electron chi connectivity index (χ2n) is 5.39. The average Bonchev–Trinajstić information content (AvgIpc) is 2.81. The summed E-state index contributed by atoms with van der Waals surface area (Å²) in [5.74, 6) is 0.629. The molecular weight excluding hydrogens is 202 g/mol. The van der Waals surface area contributed by atoms with Crippen LogP contribution in [0.4, 0.5) is 0 Å². The van der Waals surface area contributed by atoms with Gasteiger partial charge < -0.3 is 10.1 Å². The zero-order valence-corrected chi connectivity index (χ0v) is 11.0. The smallest absolute Gasteiger partial charge is 0.323 e. The van der Waals surface area contributed by atoms with Gasteiger partial charge in [0.25, 0.3) is 0 Å². The highest BCUT2D eigenvalue weighted by atomic mass is 16.5. The molecule has 2 unspecified atom stereocenters. The molecule has 1 aliphatic rings. The summed E-state index contributed by atoms with van der Waals surface area (Å²) < 4.78 is 5.06. The molecule has 0 aliphatic heterocycles. The lowest BCUT2D eigenvalue weighted by Crippen LogP contribution is -2.39. The van der Waals surface area contributed by atoms with E-state index in [0.29, 0.717) is 12.0 Å². The van der Waals surface area contributed by atoms with Crippen molar-refractivity contribution in [2.75, 3.05) is 13.2 Å². The third-order valence-electron chi connectivity index (χ3n) is 3.48. The lowest BCUT2D eigenvalue weighted by atomic mass is 10.1. The van der Waals surface area contributed by atoms with E-state index in [0.717, 1.165) is 25.3 Å². The SMILES string of the molecule is CCCC(NCC1CC1(C)C)C(=O)OCC. The zero-order chi connectivity index (χ0) is 12.2. The fourth-order valence-corrected chi connectivity index (χ4v) is 2.04. The first-order valence-electron chi connectivity index (χ1n) is 6.41. The largest absolute Gasteiger partial charge is 0.465 e. The van der Waals surface area contributed by atoms with Crippen LogP contribution in [0.15, 0.2) is 0 Å². The predicted molar refractivity (Wildman–Crippen MR) is 65.2 cm³/mol. The minimum absolute atomic E-state index is 0.0946. The van der Waals surface area contributed by atoms with Gasteiger partial charge in [-0.1, -0.05) is 27.2 Å². The monoisotopic (exact) mass is 227 g/mol. The summed E-state index contributed by atoms with van der Waals surface area (Å²) in [6.07, 6.45) is 3.14. The van der Waals surface area contributed by atoms with Crippen LogP contribution >= 0.6 is 0 Å². The second kappa shape index (κ2) is 5.67. The van der Waals surface area contributed by atoms with Gasteiger partial charge in [0.05, 0.1) is 6.61 Å². The Kier molecular flexibility index (Phi) is 4.78. The minimum Gasteiger partial charge on any atom is -0.465 e. The van der Waals surface area contributed by atoms with Crippen molar-refractivity contribution in [2.45, 2.75) is 53.0 Å². The fourth-order valence-electron chi connectivity index (χ4n) is 2.04. The van der Waals surface area contributed by atoms with Crippen molar-refractivity contribution in [1.29, 1.82) is 0 Å². The van der Waals surface area contributed by atoms with Gasteiger partial charge in [-0.3, -0.25) is 4.79 Å². The number of carbonyl (C=O) groups is 1. The average molecular weight is 227 g/mol. The van der Waals surface area contributed by atoms with Gasteiger partial charge in [0.2, 0.25) is 0 Å². The van der Waals surface area contributed by atoms with Crippen LogP contribution < -0.4 is 5.32 Å². The minimum atomic E-state index is -0.110. The van der Waals surface area contributed by atoms with Gasteiger partial charge in [0.1, 0.15) is 6.04 Å². The van der Waals surface area contributed by atoms with E-state index in [1.807, 2.05) is 6.92 Å². The van der Waals surface area contributed by atoms with Gasteiger partial charge in [-0.15, -0.1) is 0 Å². The molecule has 1 fully saturated rings. The van der Waals surface area contributed by atoms with Crippen LogP contribution in [-0.4, -0.2) is 25.2 Å². The fraction of sp³-hybridized carbons (Fsp3) is 0.923. The Morgan fingerprint density at radius 1 is 1.50 bits per heavy atom. The predicted octanol–water partition coefficient (Wildman–Crippen LogP) is 2.35. The van der Waals surface area contributed by atoms with E-state index in [2.05, 4.69) is 26.1 Å². The van der Waals surface area contributed by atoms with Gasteiger partial charge in [-0.2, -0.15) is 0 Å². The number of carbonyl (C=O) groups excluding carboxylic acids is 1. The van der Waals surface area contributed by atoms with E-state index in [9.17, 15) is 4.79 Å². The van der Waals surface area contributed by atoms with E-state index in [4.69, 9.17) is 4.74 Å². The van der Waals surface area contributed by atoms with E-state index < -0.39 is 0 Å². The molecular formula is C13H25NO2. The summed E-state index contributed by atoms with van der Waals surface area (Å²) in [6, 6.07) is -0.110. The molecule has 2 atom stereocenters. The summed E-state index contributed by atoms with van der Waals surface area (Å²) in [7, 11) is 0. The third-order valence-corrected chi connectivity index (χ3v) is 3.48. The number of ether oxygens (including phenoxy) is 1. The Hall–Kier alpha value is -0.570. The summed E-state index contributed by atoms with van der Waals surface area (Å²) in [4.78, 5) is 11.6. The maximum atomic E-state index is 11.6. The molecule has 0 amide bonds. The lowest BCUT2D eigenvalue weighted by molar-refractivity contribution is -0.145. The van der Waals surface area contributed by atoms with Gasteiger partial charge in [-0.25, -0.2) is 0 Å². The summed E-state index contributed by atoms with van der Waals surface area (Å²) in [5.41, 5.74) is 0.471. The number of hydrogen-bond donors (Lipinski definition) is 1. The Morgan fingerprint density at radius 2 is 2.12 bits per heavy atom. The molecule has 1 saturated carbocycles. The van der Waals surface area contributed by atoms with Gasteiger partial charge in [0, 0.05) is 0 Å². The van der Waals surface area contributed by atoms with Crippen LogP contribution in [-0.2, 0) is 9.53 Å². The summed E-state index contributed by atoms with van der Waals surface area (Å²) in [6.45, 7) is 9.91. The van der Waals surface area contributed by atoms with Gasteiger partial charge >= 0.3 is 5.97 Å². The van der Waals surface area contributed by atoms with Crippen molar-refractivity contribution in [1.82, 2.24) is 5.32 Å². The molecule has 94 valence electrons. The van der Waals surface area contributed by atoms with Crippen molar-refractivity contribution in [3.05, 3.63) is 0 Å². The molecule has 0 heterocycles. The molecule has 0 radical (unpaired) electrons. The van der Waals surface area contributed by atoms with Gasteiger partial charge in [-0.05, 0) is 37.6 Å². The first kappa shape index (κ1) is 13.5. The first-order valence-corrected chi connectivity index (χ1v) is 6.41.